The van der Waals surface area contributed by atoms with Crippen LogP contribution in [0.25, 0.3) is 21.9 Å². The maximum Gasteiger partial charge on any atom is 0.337 e. The lowest BCUT2D eigenvalue weighted by atomic mass is 10.1. The maximum atomic E-state index is 11.8. The number of carbonyl (C=O) groups excluding carboxylic acids is 1. The van der Waals surface area contributed by atoms with Crippen LogP contribution in [-0.2, 0) is 84.5 Å². The number of nitrogen functional groups attached to an aromatic ring is 1. The monoisotopic (exact) mass is 565 g/mol. The molecule has 0 saturated carbocycles. The third kappa shape index (κ3) is 6.93. The molecule has 0 aliphatic heterocycles. The van der Waals surface area contributed by atoms with E-state index in [-0.39, 0.29) is 0 Å². The largest absolute Gasteiger partial charge is 0.465 e. The SMILES string of the molecule is CCCCc1nc2c(N)nc3cc(C(=O)OC)ccc3c2n1CCN.S=S=S=S=S=S=S. The smallest absolute Gasteiger partial charge is 0.337 e. The second-order valence-electron chi connectivity index (χ2n) is 6.33. The van der Waals surface area contributed by atoms with Crippen molar-refractivity contribution in [3.63, 3.8) is 0 Å². The van der Waals surface area contributed by atoms with Crippen molar-refractivity contribution in [1.29, 1.82) is 0 Å². The van der Waals surface area contributed by atoms with Gasteiger partial charge in [0.15, 0.2) is 5.82 Å². The van der Waals surface area contributed by atoms with Gasteiger partial charge in [-0.1, -0.05) is 13.3 Å². The van der Waals surface area contributed by atoms with Gasteiger partial charge in [0, 0.05) is 91.7 Å². The number of unbranched alkanes of at least 4 members (excludes halogenated alkanes) is 1. The minimum absolute atomic E-state index is 0.359. The van der Waals surface area contributed by atoms with Gasteiger partial charge in [0.2, 0.25) is 0 Å². The molecular weight excluding hydrogens is 543 g/mol. The molecule has 3 rings (SSSR count). The molecule has 4 N–H and O–H groups in total. The van der Waals surface area contributed by atoms with Crippen LogP contribution < -0.4 is 11.5 Å². The number of nitrogens with two attached hydrogens (primary N) is 2. The number of imidazole rings is 1. The van der Waals surface area contributed by atoms with E-state index in [2.05, 4.69) is 38.9 Å². The fourth-order valence-corrected chi connectivity index (χ4v) is 11.4. The average molecular weight is 566 g/mol. The summed E-state index contributed by atoms with van der Waals surface area (Å²) in [5.74, 6) is 0.930. The van der Waals surface area contributed by atoms with Gasteiger partial charge < -0.3 is 20.8 Å². The average Bonchev–Trinajstić information content (AvgIpc) is 3.17. The van der Waals surface area contributed by atoms with E-state index < -0.39 is 5.97 Å². The Balaban J connectivity index is 0.000000451. The lowest BCUT2D eigenvalue weighted by molar-refractivity contribution is 0.0601. The number of hydrogen-bond acceptors (Lipinski definition) is 8. The van der Waals surface area contributed by atoms with Crippen LogP contribution in [-0.4, -0.2) is 34.2 Å². The molecule has 174 valence electrons. The van der Waals surface area contributed by atoms with Crippen LogP contribution >= 0.6 is 0 Å². The highest BCUT2D eigenvalue weighted by atomic mass is 33.4. The molecule has 32 heavy (non-hydrogen) atoms. The molecule has 0 radical (unpaired) electrons. The van der Waals surface area contributed by atoms with E-state index in [9.17, 15) is 4.79 Å². The predicted octanol–water partition coefficient (Wildman–Crippen LogP) is 2.24. The first-order chi connectivity index (χ1) is 15.5. The summed E-state index contributed by atoms with van der Waals surface area (Å²) in [5.41, 5.74) is 14.7. The van der Waals surface area contributed by atoms with E-state index in [4.69, 9.17) is 21.2 Å². The highest BCUT2D eigenvalue weighted by Gasteiger charge is 2.18. The Kier molecular flexibility index (Phi) is 12.0. The number of rotatable bonds is 6. The summed E-state index contributed by atoms with van der Waals surface area (Å²) in [6.07, 6.45) is 3.00. The van der Waals surface area contributed by atoms with Gasteiger partial charge in [0.05, 0.1) is 23.7 Å². The third-order valence-electron chi connectivity index (χ3n) is 4.42. The Morgan fingerprint density at radius 2 is 1.91 bits per heavy atom. The molecule has 2 heterocycles. The molecule has 7 nitrogen and oxygen atoms in total. The molecule has 0 amide bonds. The van der Waals surface area contributed by atoms with Crippen molar-refractivity contribution in [2.75, 3.05) is 19.4 Å². The number of nitrogens with zero attached hydrogens (tertiary/aromatic N) is 3. The van der Waals surface area contributed by atoms with E-state index in [1.165, 1.54) is 24.9 Å². The number of ether oxygens (including phenoxy) is 1. The highest BCUT2D eigenvalue weighted by molar-refractivity contribution is 8.68. The van der Waals surface area contributed by atoms with Crippen molar-refractivity contribution in [2.45, 2.75) is 32.7 Å². The topological polar surface area (TPSA) is 109 Å². The molecule has 3 aromatic rings. The number of aryl methyl sites for hydroxylation is 1. The molecule has 14 heteroatoms. The van der Waals surface area contributed by atoms with Crippen molar-refractivity contribution in [2.24, 2.45) is 5.73 Å². The summed E-state index contributed by atoms with van der Waals surface area (Å²) in [6, 6.07) is 5.30. The Bertz CT molecular complexity index is 1310. The Hall–Kier alpha value is -1.13. The molecule has 0 aliphatic rings. The predicted molar refractivity (Wildman–Crippen MR) is 150 cm³/mol. The molecule has 0 fully saturated rings. The van der Waals surface area contributed by atoms with Gasteiger partial charge in [0.25, 0.3) is 0 Å². The number of aromatic nitrogens is 3. The molecule has 0 saturated heterocycles. The van der Waals surface area contributed by atoms with Crippen LogP contribution in [0.3, 0.4) is 0 Å². The van der Waals surface area contributed by atoms with Gasteiger partial charge in [-0.25, -0.2) is 14.8 Å². The quantitative estimate of drug-likeness (QED) is 0.438. The summed E-state index contributed by atoms with van der Waals surface area (Å²) in [4.78, 5) is 20.9. The molecule has 0 atom stereocenters. The molecule has 0 bridgehead atoms. The van der Waals surface area contributed by atoms with Gasteiger partial charge in [0.1, 0.15) is 11.3 Å². The second-order valence-corrected chi connectivity index (χ2v) is 15.2. The van der Waals surface area contributed by atoms with Crippen molar-refractivity contribution in [1.82, 2.24) is 14.5 Å². The molecule has 1 aromatic carbocycles. The molecule has 0 unspecified atom stereocenters. The van der Waals surface area contributed by atoms with E-state index in [1.807, 2.05) is 6.07 Å². The van der Waals surface area contributed by atoms with Crippen LogP contribution in [0.2, 0.25) is 0 Å². The van der Waals surface area contributed by atoms with Crippen LogP contribution in [0.1, 0.15) is 35.9 Å². The summed E-state index contributed by atoms with van der Waals surface area (Å²) >= 11 is 9.14. The first-order valence-corrected chi connectivity index (χ1v) is 17.5. The number of benzene rings is 1. The standard InChI is InChI=1S/C18H23N5O2.S7/c1-3-4-5-14-22-15-16(23(14)9-8-19)12-7-6-11(18(24)25-2)10-13(12)21-17(15)20;1-3-5-7-6-4-2/h6-7,10H,3-5,8-9,19H2,1-2H3,(H2,20,21);. The zero-order chi connectivity index (χ0) is 23.5. The first kappa shape index (κ1) is 27.1. The third-order valence-corrected chi connectivity index (χ3v) is 13.3. The first-order valence-electron chi connectivity index (χ1n) is 9.47. The Morgan fingerprint density at radius 3 is 2.50 bits per heavy atom. The Morgan fingerprint density at radius 1 is 1.19 bits per heavy atom. The molecular formula is C18H23N5O2S7. The van der Waals surface area contributed by atoms with E-state index in [0.29, 0.717) is 35.5 Å². The van der Waals surface area contributed by atoms with E-state index >= 15 is 0 Å². The van der Waals surface area contributed by atoms with Gasteiger partial charge in [-0.05, 0) is 24.6 Å². The fourth-order valence-electron chi connectivity index (χ4n) is 3.13. The molecule has 2 aromatic heterocycles. The van der Waals surface area contributed by atoms with Crippen LogP contribution in [0.5, 0.6) is 0 Å². The van der Waals surface area contributed by atoms with Gasteiger partial charge >= 0.3 is 5.97 Å². The van der Waals surface area contributed by atoms with Crippen molar-refractivity contribution in [3.8, 4) is 0 Å². The number of esters is 1. The lowest BCUT2D eigenvalue weighted by Crippen LogP contribution is -2.13. The van der Waals surface area contributed by atoms with Gasteiger partial charge in [-0.15, -0.1) is 0 Å². The Labute approximate surface area is 210 Å². The summed E-state index contributed by atoms with van der Waals surface area (Å²) in [7, 11) is 8.72. The normalized spacial score (nSPS) is 10.2. The van der Waals surface area contributed by atoms with Crippen molar-refractivity contribution >= 4 is 101 Å². The van der Waals surface area contributed by atoms with Crippen molar-refractivity contribution < 1.29 is 9.53 Å². The van der Waals surface area contributed by atoms with Crippen LogP contribution in [0, 0.1) is 0 Å². The van der Waals surface area contributed by atoms with E-state index in [1.54, 1.807) is 38.8 Å². The molecule has 0 aliphatic carbocycles. The van der Waals surface area contributed by atoms with Gasteiger partial charge in [-0.2, -0.15) is 0 Å². The van der Waals surface area contributed by atoms with E-state index in [0.717, 1.165) is 36.0 Å². The number of hydrogen-bond donors (Lipinski definition) is 2. The number of anilines is 1. The summed E-state index contributed by atoms with van der Waals surface area (Å²) in [6.45, 7) is 3.32. The fraction of sp³-hybridized carbons (Fsp3) is 0.389. The van der Waals surface area contributed by atoms with Crippen LogP contribution in [0.4, 0.5) is 5.82 Å². The minimum Gasteiger partial charge on any atom is -0.465 e. The second kappa shape index (κ2) is 14.2. The summed E-state index contributed by atoms with van der Waals surface area (Å²) < 4.78 is 6.91. The highest BCUT2D eigenvalue weighted by Crippen LogP contribution is 2.30. The van der Waals surface area contributed by atoms with Crippen LogP contribution in [0.15, 0.2) is 18.2 Å². The minimum atomic E-state index is -0.401. The molecule has 0 spiro atoms. The number of pyridine rings is 1. The maximum absolute atomic E-state index is 11.8. The summed E-state index contributed by atoms with van der Waals surface area (Å²) in [5, 5.41) is 0.903. The lowest BCUT2D eigenvalue weighted by Gasteiger charge is -2.10. The zero-order valence-corrected chi connectivity index (χ0v) is 23.2. The van der Waals surface area contributed by atoms with Gasteiger partial charge in [-0.3, -0.25) is 0 Å². The zero-order valence-electron chi connectivity index (χ0n) is 17.4. The number of methoxy groups -OCH3 is 1. The number of fused-ring (bicyclic) bond motifs is 3. The van der Waals surface area contributed by atoms with Crippen molar-refractivity contribution in [3.05, 3.63) is 29.6 Å². The number of carbonyl (C=O) groups is 1.